The SMILES string of the molecule is C#CC(C)(C)Nc1ccc(N)nn1. The van der Waals surface area contributed by atoms with Crippen LogP contribution in [0.2, 0.25) is 0 Å². The predicted octanol–water partition coefficient (Wildman–Crippen LogP) is 0.882. The maximum absolute atomic E-state index is 5.38. The average Bonchev–Trinajstić information content (AvgIpc) is 2.09. The second kappa shape index (κ2) is 3.31. The van der Waals surface area contributed by atoms with E-state index < -0.39 is 5.54 Å². The van der Waals surface area contributed by atoms with E-state index in [0.717, 1.165) is 0 Å². The minimum Gasteiger partial charge on any atom is -0.382 e. The summed E-state index contributed by atoms with van der Waals surface area (Å²) < 4.78 is 0. The monoisotopic (exact) mass is 176 g/mol. The smallest absolute Gasteiger partial charge is 0.149 e. The first-order valence-electron chi connectivity index (χ1n) is 3.89. The van der Waals surface area contributed by atoms with Crippen LogP contribution in [0.15, 0.2) is 12.1 Å². The molecule has 0 aliphatic carbocycles. The zero-order chi connectivity index (χ0) is 9.90. The molecule has 0 aliphatic rings. The Morgan fingerprint density at radius 2 is 2.15 bits per heavy atom. The molecule has 3 N–H and O–H groups in total. The van der Waals surface area contributed by atoms with E-state index in [1.54, 1.807) is 12.1 Å². The highest BCUT2D eigenvalue weighted by Gasteiger charge is 2.13. The fourth-order valence-corrected chi connectivity index (χ4v) is 0.766. The zero-order valence-corrected chi connectivity index (χ0v) is 7.70. The number of nitrogens with zero attached hydrogens (tertiary/aromatic N) is 2. The summed E-state index contributed by atoms with van der Waals surface area (Å²) in [5, 5.41) is 10.6. The molecule has 1 aromatic rings. The standard InChI is InChI=1S/C9H12N4/c1-4-9(2,3)11-8-6-5-7(10)12-13-8/h1,5-6H,2-3H3,(H2,10,12)(H,11,13). The molecule has 0 spiro atoms. The maximum atomic E-state index is 5.38. The van der Waals surface area contributed by atoms with Gasteiger partial charge >= 0.3 is 0 Å². The minimum absolute atomic E-state index is 0.393. The van der Waals surface area contributed by atoms with Gasteiger partial charge in [-0.15, -0.1) is 16.6 Å². The Hall–Kier alpha value is -1.76. The lowest BCUT2D eigenvalue weighted by atomic mass is 10.1. The fourth-order valence-electron chi connectivity index (χ4n) is 0.766. The molecule has 1 rings (SSSR count). The second-order valence-electron chi connectivity index (χ2n) is 3.24. The van der Waals surface area contributed by atoms with Gasteiger partial charge in [0, 0.05) is 0 Å². The van der Waals surface area contributed by atoms with Crippen LogP contribution < -0.4 is 11.1 Å². The van der Waals surface area contributed by atoms with Gasteiger partial charge in [0.1, 0.15) is 11.6 Å². The molecular weight excluding hydrogens is 164 g/mol. The molecule has 0 aliphatic heterocycles. The molecule has 0 fully saturated rings. The van der Waals surface area contributed by atoms with Gasteiger partial charge in [0.15, 0.2) is 0 Å². The van der Waals surface area contributed by atoms with Gasteiger partial charge in [0.25, 0.3) is 0 Å². The van der Waals surface area contributed by atoms with E-state index >= 15 is 0 Å². The number of nitrogens with two attached hydrogens (primary N) is 1. The van der Waals surface area contributed by atoms with Crippen molar-refractivity contribution in [2.24, 2.45) is 0 Å². The number of nitrogen functional groups attached to an aromatic ring is 1. The van der Waals surface area contributed by atoms with E-state index in [9.17, 15) is 0 Å². The van der Waals surface area contributed by atoms with Crippen molar-refractivity contribution in [1.82, 2.24) is 10.2 Å². The molecule has 1 aromatic heterocycles. The highest BCUT2D eigenvalue weighted by atomic mass is 15.2. The first-order chi connectivity index (χ1) is 6.03. The van der Waals surface area contributed by atoms with Crippen LogP contribution >= 0.6 is 0 Å². The molecule has 0 radical (unpaired) electrons. The quantitative estimate of drug-likeness (QED) is 0.657. The average molecular weight is 176 g/mol. The Morgan fingerprint density at radius 1 is 1.46 bits per heavy atom. The summed E-state index contributed by atoms with van der Waals surface area (Å²) in [6.45, 7) is 3.76. The van der Waals surface area contributed by atoms with E-state index in [1.165, 1.54) is 0 Å². The molecule has 0 amide bonds. The Kier molecular flexibility index (Phi) is 2.38. The number of aromatic nitrogens is 2. The fraction of sp³-hybridized carbons (Fsp3) is 0.333. The minimum atomic E-state index is -0.426. The van der Waals surface area contributed by atoms with Crippen LogP contribution in [0, 0.1) is 12.3 Å². The summed E-state index contributed by atoms with van der Waals surface area (Å²) >= 11 is 0. The topological polar surface area (TPSA) is 63.8 Å². The van der Waals surface area contributed by atoms with E-state index in [0.29, 0.717) is 11.6 Å². The third-order valence-electron chi connectivity index (χ3n) is 1.49. The number of terminal acetylenes is 1. The van der Waals surface area contributed by atoms with Gasteiger partial charge in [-0.05, 0) is 26.0 Å². The molecule has 0 atom stereocenters. The highest BCUT2D eigenvalue weighted by molar-refractivity contribution is 5.42. The molecule has 1 heterocycles. The van der Waals surface area contributed by atoms with Crippen molar-refractivity contribution in [1.29, 1.82) is 0 Å². The Labute approximate surface area is 77.6 Å². The van der Waals surface area contributed by atoms with Crippen LogP contribution in [0.3, 0.4) is 0 Å². The lowest BCUT2D eigenvalue weighted by Crippen LogP contribution is -2.29. The Balaban J connectivity index is 2.77. The van der Waals surface area contributed by atoms with Gasteiger partial charge in [0.2, 0.25) is 0 Å². The number of rotatable bonds is 2. The van der Waals surface area contributed by atoms with E-state index in [2.05, 4.69) is 21.4 Å². The van der Waals surface area contributed by atoms with Crippen LogP contribution in [-0.2, 0) is 0 Å². The van der Waals surface area contributed by atoms with Gasteiger partial charge in [-0.25, -0.2) is 0 Å². The molecule has 0 bridgehead atoms. The highest BCUT2D eigenvalue weighted by Crippen LogP contribution is 2.10. The van der Waals surface area contributed by atoms with Crippen molar-refractivity contribution in [2.75, 3.05) is 11.1 Å². The lowest BCUT2D eigenvalue weighted by molar-refractivity contribution is 0.731. The molecular formula is C9H12N4. The molecule has 0 saturated heterocycles. The number of hydrogen-bond donors (Lipinski definition) is 2. The summed E-state index contributed by atoms with van der Waals surface area (Å²) in [6.07, 6.45) is 5.30. The van der Waals surface area contributed by atoms with Crippen molar-refractivity contribution < 1.29 is 0 Å². The molecule has 4 heteroatoms. The molecule has 0 saturated carbocycles. The largest absolute Gasteiger partial charge is 0.382 e. The van der Waals surface area contributed by atoms with Crippen molar-refractivity contribution in [3.63, 3.8) is 0 Å². The van der Waals surface area contributed by atoms with E-state index in [1.807, 2.05) is 13.8 Å². The van der Waals surface area contributed by atoms with Crippen LogP contribution in [0.1, 0.15) is 13.8 Å². The van der Waals surface area contributed by atoms with Crippen LogP contribution in [0.25, 0.3) is 0 Å². The first-order valence-corrected chi connectivity index (χ1v) is 3.89. The Bertz CT molecular complexity index is 320. The lowest BCUT2D eigenvalue weighted by Gasteiger charge is -2.19. The van der Waals surface area contributed by atoms with Crippen molar-refractivity contribution in [3.05, 3.63) is 12.1 Å². The van der Waals surface area contributed by atoms with E-state index in [-0.39, 0.29) is 0 Å². The van der Waals surface area contributed by atoms with Crippen molar-refractivity contribution in [2.45, 2.75) is 19.4 Å². The molecule has 68 valence electrons. The van der Waals surface area contributed by atoms with Gasteiger partial charge in [-0.1, -0.05) is 5.92 Å². The summed E-state index contributed by atoms with van der Waals surface area (Å²) in [4.78, 5) is 0. The third-order valence-corrected chi connectivity index (χ3v) is 1.49. The second-order valence-corrected chi connectivity index (χ2v) is 3.24. The van der Waals surface area contributed by atoms with Gasteiger partial charge in [-0.2, -0.15) is 0 Å². The van der Waals surface area contributed by atoms with Crippen LogP contribution in [0.5, 0.6) is 0 Å². The third kappa shape index (κ3) is 2.64. The predicted molar refractivity (Wildman–Crippen MR) is 53.0 cm³/mol. The molecule has 0 aromatic carbocycles. The summed E-state index contributed by atoms with van der Waals surface area (Å²) in [5.74, 6) is 3.61. The normalized spacial score (nSPS) is 10.5. The summed E-state index contributed by atoms with van der Waals surface area (Å²) in [5.41, 5.74) is 4.96. The summed E-state index contributed by atoms with van der Waals surface area (Å²) in [6, 6.07) is 3.41. The molecule has 4 nitrogen and oxygen atoms in total. The number of anilines is 2. The van der Waals surface area contributed by atoms with Crippen LogP contribution in [0.4, 0.5) is 11.6 Å². The number of nitrogens with one attached hydrogen (secondary N) is 1. The first kappa shape index (κ1) is 9.33. The molecule has 13 heavy (non-hydrogen) atoms. The van der Waals surface area contributed by atoms with Crippen molar-refractivity contribution in [3.8, 4) is 12.3 Å². The summed E-state index contributed by atoms with van der Waals surface area (Å²) in [7, 11) is 0. The van der Waals surface area contributed by atoms with Gasteiger partial charge in [-0.3, -0.25) is 0 Å². The maximum Gasteiger partial charge on any atom is 0.149 e. The zero-order valence-electron chi connectivity index (χ0n) is 7.70. The van der Waals surface area contributed by atoms with Gasteiger partial charge < -0.3 is 11.1 Å². The number of hydrogen-bond acceptors (Lipinski definition) is 4. The molecule has 0 unspecified atom stereocenters. The van der Waals surface area contributed by atoms with Gasteiger partial charge in [0.05, 0.1) is 5.54 Å². The van der Waals surface area contributed by atoms with Crippen LogP contribution in [-0.4, -0.2) is 15.7 Å². The Morgan fingerprint density at radius 3 is 2.62 bits per heavy atom. The van der Waals surface area contributed by atoms with E-state index in [4.69, 9.17) is 12.2 Å². The van der Waals surface area contributed by atoms with Crippen molar-refractivity contribution >= 4 is 11.6 Å².